The number of rotatable bonds is 3. The van der Waals surface area contributed by atoms with Gasteiger partial charge in [-0.1, -0.05) is 92.0 Å². The summed E-state index contributed by atoms with van der Waals surface area (Å²) in [7, 11) is 0. The summed E-state index contributed by atoms with van der Waals surface area (Å²) >= 11 is 0. The Bertz CT molecular complexity index is 136. The molecule has 0 heteroatoms. The van der Waals surface area contributed by atoms with Gasteiger partial charge in [-0.15, -0.1) is 0 Å². The van der Waals surface area contributed by atoms with Crippen LogP contribution in [0.1, 0.15) is 82.1 Å². The molecule has 0 rings (SSSR count). The molecule has 0 saturated heterocycles. The Balaban J connectivity index is -0.0000000887. The lowest BCUT2D eigenvalue weighted by molar-refractivity contribution is 0.789. The zero-order chi connectivity index (χ0) is 14.7. The first-order chi connectivity index (χ1) is 8.13. The highest BCUT2D eigenvalue weighted by atomic mass is 14.0. The van der Waals surface area contributed by atoms with Crippen molar-refractivity contribution >= 4 is 0 Å². The molecular formula is C17H38. The predicted molar refractivity (Wildman–Crippen MR) is 86.7 cm³/mol. The first-order valence-corrected chi connectivity index (χ1v) is 7.42. The topological polar surface area (TPSA) is 0 Å². The van der Waals surface area contributed by atoms with E-state index in [2.05, 4.69) is 52.8 Å². The van der Waals surface area contributed by atoms with E-state index in [0.717, 1.165) is 0 Å². The molecule has 0 aromatic heterocycles. The van der Waals surface area contributed by atoms with Crippen LogP contribution >= 0.6 is 0 Å². The molecule has 0 saturated carbocycles. The number of hydrogen-bond donors (Lipinski definition) is 0. The second kappa shape index (κ2) is 29.6. The van der Waals surface area contributed by atoms with Crippen LogP contribution in [-0.2, 0) is 0 Å². The predicted octanol–water partition coefficient (Wildman–Crippen LogP) is 7.02. The van der Waals surface area contributed by atoms with Gasteiger partial charge in [0.2, 0.25) is 0 Å². The summed E-state index contributed by atoms with van der Waals surface area (Å²) in [6.07, 6.45) is 9.03. The minimum atomic E-state index is 0.659. The van der Waals surface area contributed by atoms with Crippen LogP contribution in [0.3, 0.4) is 0 Å². The number of allylic oxidation sites excluding steroid dienone is 4. The molecule has 106 valence electrons. The molecule has 0 aliphatic carbocycles. The zero-order valence-electron chi connectivity index (χ0n) is 14.2. The van der Waals surface area contributed by atoms with E-state index in [1.54, 1.807) is 0 Å². The molecule has 0 radical (unpaired) electrons. The van der Waals surface area contributed by atoms with Crippen LogP contribution in [0.15, 0.2) is 23.8 Å². The van der Waals surface area contributed by atoms with E-state index in [1.807, 2.05) is 34.6 Å². The van der Waals surface area contributed by atoms with Gasteiger partial charge in [-0.25, -0.2) is 0 Å². The van der Waals surface area contributed by atoms with Crippen LogP contribution in [-0.4, -0.2) is 0 Å². The van der Waals surface area contributed by atoms with E-state index in [-0.39, 0.29) is 0 Å². The Morgan fingerprint density at radius 3 is 1.29 bits per heavy atom. The summed E-state index contributed by atoms with van der Waals surface area (Å²) in [5.74, 6) is 0.659. The van der Waals surface area contributed by atoms with Crippen molar-refractivity contribution in [2.45, 2.75) is 82.1 Å². The average Bonchev–Trinajstić information content (AvgIpc) is 2.40. The van der Waals surface area contributed by atoms with Gasteiger partial charge < -0.3 is 0 Å². The van der Waals surface area contributed by atoms with Crippen molar-refractivity contribution in [2.75, 3.05) is 0 Å². The van der Waals surface area contributed by atoms with Crippen LogP contribution in [0.5, 0.6) is 0 Å². The third-order valence-corrected chi connectivity index (χ3v) is 1.86. The highest BCUT2D eigenvalue weighted by Gasteiger charge is 1.94. The second-order valence-corrected chi connectivity index (χ2v) is 3.44. The molecule has 0 nitrogen and oxygen atoms in total. The molecule has 0 spiro atoms. The highest BCUT2D eigenvalue weighted by molar-refractivity contribution is 5.18. The van der Waals surface area contributed by atoms with Gasteiger partial charge in [0.25, 0.3) is 0 Å². The Hall–Kier alpha value is -0.520. The first kappa shape index (κ1) is 25.4. The molecule has 0 aromatic carbocycles. The fourth-order valence-corrected chi connectivity index (χ4v) is 0.814. The van der Waals surface area contributed by atoms with Crippen molar-refractivity contribution < 1.29 is 0 Å². The maximum atomic E-state index is 2.20. The molecular weight excluding hydrogens is 204 g/mol. The van der Waals surface area contributed by atoms with E-state index < -0.39 is 0 Å². The van der Waals surface area contributed by atoms with Crippen LogP contribution < -0.4 is 0 Å². The Labute approximate surface area is 112 Å². The van der Waals surface area contributed by atoms with Crippen molar-refractivity contribution in [2.24, 2.45) is 5.92 Å². The van der Waals surface area contributed by atoms with Gasteiger partial charge >= 0.3 is 0 Å². The largest absolute Gasteiger partial charge is 0.0874 e. The normalized spacial score (nSPS) is 9.71. The van der Waals surface area contributed by atoms with Gasteiger partial charge in [0.15, 0.2) is 0 Å². The summed E-state index contributed by atoms with van der Waals surface area (Å²) < 4.78 is 0. The van der Waals surface area contributed by atoms with E-state index in [1.165, 1.54) is 18.4 Å². The Morgan fingerprint density at radius 2 is 1.24 bits per heavy atom. The van der Waals surface area contributed by atoms with E-state index in [4.69, 9.17) is 0 Å². The minimum absolute atomic E-state index is 0.659. The zero-order valence-corrected chi connectivity index (χ0v) is 14.2. The minimum Gasteiger partial charge on any atom is -0.0874 e. The highest BCUT2D eigenvalue weighted by Crippen LogP contribution is 2.09. The third kappa shape index (κ3) is 31.3. The van der Waals surface area contributed by atoms with Crippen LogP contribution in [0, 0.1) is 5.92 Å². The van der Waals surface area contributed by atoms with E-state index >= 15 is 0 Å². The Morgan fingerprint density at radius 1 is 0.882 bits per heavy atom. The van der Waals surface area contributed by atoms with Crippen LogP contribution in [0.2, 0.25) is 0 Å². The average molecular weight is 242 g/mol. The van der Waals surface area contributed by atoms with Crippen molar-refractivity contribution in [1.82, 2.24) is 0 Å². The van der Waals surface area contributed by atoms with E-state index in [0.29, 0.717) is 5.92 Å². The summed E-state index contributed by atoms with van der Waals surface area (Å²) in [6, 6.07) is 0. The van der Waals surface area contributed by atoms with Crippen molar-refractivity contribution in [3.63, 3.8) is 0 Å². The standard InChI is InChI=1S/C9H16.C4H10.2C2H6/c1-5-7-9(6-2)8(3)4;1-3-4-2;2*1-2/h5-8H,1-4H3;3-4H2,1-2H3;2*1-2H3/b7-5-,9-6+;;;. The van der Waals surface area contributed by atoms with Gasteiger partial charge in [-0.3, -0.25) is 0 Å². The van der Waals surface area contributed by atoms with Crippen LogP contribution in [0.25, 0.3) is 0 Å². The molecule has 0 aromatic rings. The molecule has 0 heterocycles. The molecule has 0 N–H and O–H groups in total. The molecule has 17 heavy (non-hydrogen) atoms. The summed E-state index contributed by atoms with van der Waals surface area (Å²) in [6.45, 7) is 20.9. The molecule has 0 unspecified atom stereocenters. The Kier molecular flexibility index (Phi) is 44.1. The number of unbranched alkanes of at least 4 members (excludes halogenated alkanes) is 1. The third-order valence-electron chi connectivity index (χ3n) is 1.86. The van der Waals surface area contributed by atoms with Crippen molar-refractivity contribution in [3.8, 4) is 0 Å². The monoisotopic (exact) mass is 242 g/mol. The van der Waals surface area contributed by atoms with Gasteiger partial charge in [-0.05, 0) is 19.8 Å². The maximum absolute atomic E-state index is 2.20. The quantitative estimate of drug-likeness (QED) is 0.466. The SMILES string of the molecule is C/C=C\C(=C/C)C(C)C.CC.CC.CCCC. The molecule has 0 bridgehead atoms. The second-order valence-electron chi connectivity index (χ2n) is 3.44. The van der Waals surface area contributed by atoms with Crippen molar-refractivity contribution in [1.29, 1.82) is 0 Å². The molecule has 0 amide bonds. The van der Waals surface area contributed by atoms with Crippen LogP contribution in [0.4, 0.5) is 0 Å². The van der Waals surface area contributed by atoms with Crippen molar-refractivity contribution in [3.05, 3.63) is 23.8 Å². The number of hydrogen-bond acceptors (Lipinski definition) is 0. The molecule has 0 aliphatic rings. The molecule has 0 fully saturated rings. The lowest BCUT2D eigenvalue weighted by atomic mass is 10.0. The summed E-state index contributed by atoms with van der Waals surface area (Å²) in [5, 5.41) is 0. The smallest absolute Gasteiger partial charge is 0.0222 e. The first-order valence-electron chi connectivity index (χ1n) is 7.42. The molecule has 0 atom stereocenters. The van der Waals surface area contributed by atoms with Gasteiger partial charge in [0.05, 0.1) is 0 Å². The van der Waals surface area contributed by atoms with Gasteiger partial charge in [-0.2, -0.15) is 0 Å². The summed E-state index contributed by atoms with van der Waals surface area (Å²) in [5.41, 5.74) is 1.41. The fourth-order valence-electron chi connectivity index (χ4n) is 0.814. The lowest BCUT2D eigenvalue weighted by Gasteiger charge is -2.03. The molecule has 0 aliphatic heterocycles. The van der Waals surface area contributed by atoms with E-state index in [9.17, 15) is 0 Å². The van der Waals surface area contributed by atoms with Gasteiger partial charge in [0.1, 0.15) is 0 Å². The van der Waals surface area contributed by atoms with Gasteiger partial charge in [0, 0.05) is 0 Å². The maximum Gasteiger partial charge on any atom is -0.0222 e. The lowest BCUT2D eigenvalue weighted by Crippen LogP contribution is -1.88. The fraction of sp³-hybridized carbons (Fsp3) is 0.765. The summed E-state index contributed by atoms with van der Waals surface area (Å²) in [4.78, 5) is 0.